The molecular formula is C17H22N2O. The molecular weight excluding hydrogens is 248 g/mol. The summed E-state index contributed by atoms with van der Waals surface area (Å²) in [5.41, 5.74) is 4.25. The number of hydrogen-bond acceptors (Lipinski definition) is 2. The number of hydrogen-bond donors (Lipinski definition) is 0. The van der Waals surface area contributed by atoms with Crippen LogP contribution in [0.1, 0.15) is 52.6 Å². The summed E-state index contributed by atoms with van der Waals surface area (Å²) in [5, 5.41) is 0. The van der Waals surface area contributed by atoms with Crippen LogP contribution in [-0.2, 0) is 6.54 Å². The van der Waals surface area contributed by atoms with Crippen molar-refractivity contribution in [2.45, 2.75) is 47.1 Å². The molecule has 20 heavy (non-hydrogen) atoms. The molecule has 1 aromatic heterocycles. The van der Waals surface area contributed by atoms with E-state index in [0.29, 0.717) is 12.5 Å². The first-order chi connectivity index (χ1) is 9.40. The van der Waals surface area contributed by atoms with Crippen molar-refractivity contribution < 1.29 is 4.79 Å². The maximum absolute atomic E-state index is 12.5. The molecule has 0 amide bonds. The largest absolute Gasteiger partial charge is 0.327 e. The Morgan fingerprint density at radius 1 is 1.15 bits per heavy atom. The molecule has 0 N–H and O–H groups in total. The Kier molecular flexibility index (Phi) is 4.07. The highest BCUT2D eigenvalue weighted by atomic mass is 16.1. The quantitative estimate of drug-likeness (QED) is 0.792. The molecule has 106 valence electrons. The number of benzene rings is 1. The smallest absolute Gasteiger partial charge is 0.182 e. The molecule has 2 aromatic rings. The highest BCUT2D eigenvalue weighted by molar-refractivity contribution is 5.97. The topological polar surface area (TPSA) is 34.9 Å². The SMILES string of the molecule is Cc1cc(C)c(C(=O)Cn2ccnc2C(C)C)cc1C. The lowest BCUT2D eigenvalue weighted by Gasteiger charge is -2.12. The molecule has 0 unspecified atom stereocenters. The van der Waals surface area contributed by atoms with Gasteiger partial charge in [-0.05, 0) is 43.5 Å². The maximum Gasteiger partial charge on any atom is 0.182 e. The standard InChI is InChI=1S/C17H22N2O/c1-11(2)17-18-6-7-19(17)10-16(20)15-9-13(4)12(3)8-14(15)5/h6-9,11H,10H2,1-5H3. The van der Waals surface area contributed by atoms with Crippen LogP contribution >= 0.6 is 0 Å². The van der Waals surface area contributed by atoms with Crippen LogP contribution in [0, 0.1) is 20.8 Å². The Bertz CT molecular complexity index is 638. The summed E-state index contributed by atoms with van der Waals surface area (Å²) < 4.78 is 1.95. The Morgan fingerprint density at radius 3 is 2.45 bits per heavy atom. The van der Waals surface area contributed by atoms with Crippen molar-refractivity contribution in [3.8, 4) is 0 Å². The molecule has 0 fully saturated rings. The van der Waals surface area contributed by atoms with E-state index in [1.54, 1.807) is 6.20 Å². The number of aromatic nitrogens is 2. The molecule has 0 aliphatic heterocycles. The normalized spacial score (nSPS) is 11.1. The number of nitrogens with zero attached hydrogens (tertiary/aromatic N) is 2. The van der Waals surface area contributed by atoms with Crippen molar-refractivity contribution in [1.82, 2.24) is 9.55 Å². The molecule has 3 nitrogen and oxygen atoms in total. The van der Waals surface area contributed by atoms with Crippen molar-refractivity contribution in [3.05, 3.63) is 52.6 Å². The first kappa shape index (κ1) is 14.5. The van der Waals surface area contributed by atoms with E-state index in [0.717, 1.165) is 22.5 Å². The number of ketones is 1. The minimum atomic E-state index is 0.144. The third kappa shape index (κ3) is 2.82. The summed E-state index contributed by atoms with van der Waals surface area (Å²) in [6.45, 7) is 10.6. The van der Waals surface area contributed by atoms with Crippen LogP contribution in [0.5, 0.6) is 0 Å². The number of aryl methyl sites for hydroxylation is 3. The van der Waals surface area contributed by atoms with E-state index in [1.165, 1.54) is 5.56 Å². The van der Waals surface area contributed by atoms with Crippen molar-refractivity contribution >= 4 is 5.78 Å². The van der Waals surface area contributed by atoms with Crippen LogP contribution in [0.2, 0.25) is 0 Å². The highest BCUT2D eigenvalue weighted by Gasteiger charge is 2.14. The van der Waals surface area contributed by atoms with Gasteiger partial charge in [0.05, 0.1) is 6.54 Å². The van der Waals surface area contributed by atoms with E-state index in [4.69, 9.17) is 0 Å². The number of imidazole rings is 1. The van der Waals surface area contributed by atoms with Gasteiger partial charge in [0.25, 0.3) is 0 Å². The van der Waals surface area contributed by atoms with Gasteiger partial charge in [0.2, 0.25) is 0 Å². The molecule has 0 atom stereocenters. The van der Waals surface area contributed by atoms with Gasteiger partial charge in [0.15, 0.2) is 5.78 Å². The van der Waals surface area contributed by atoms with E-state index in [9.17, 15) is 4.79 Å². The predicted octanol–water partition coefficient (Wildman–Crippen LogP) is 3.81. The van der Waals surface area contributed by atoms with Gasteiger partial charge in [-0.25, -0.2) is 4.98 Å². The predicted molar refractivity (Wildman–Crippen MR) is 81.3 cm³/mol. The van der Waals surface area contributed by atoms with E-state index in [2.05, 4.69) is 31.8 Å². The molecule has 3 heteroatoms. The van der Waals surface area contributed by atoms with Gasteiger partial charge in [-0.15, -0.1) is 0 Å². The molecule has 1 heterocycles. The van der Waals surface area contributed by atoms with Crippen LogP contribution in [-0.4, -0.2) is 15.3 Å². The van der Waals surface area contributed by atoms with Crippen LogP contribution in [0.3, 0.4) is 0 Å². The third-order valence-electron chi connectivity index (χ3n) is 3.72. The first-order valence-corrected chi connectivity index (χ1v) is 7.02. The average Bonchev–Trinajstić information content (AvgIpc) is 2.81. The fraction of sp³-hybridized carbons (Fsp3) is 0.412. The maximum atomic E-state index is 12.5. The third-order valence-corrected chi connectivity index (χ3v) is 3.72. The van der Waals surface area contributed by atoms with Crippen LogP contribution in [0.15, 0.2) is 24.5 Å². The molecule has 2 rings (SSSR count). The summed E-state index contributed by atoms with van der Waals surface area (Å²) in [6.07, 6.45) is 3.64. The molecule has 1 aromatic carbocycles. The van der Waals surface area contributed by atoms with Gasteiger partial charge in [0, 0.05) is 23.9 Å². The molecule has 0 spiro atoms. The monoisotopic (exact) mass is 270 g/mol. The Balaban J connectivity index is 2.29. The zero-order valence-corrected chi connectivity index (χ0v) is 12.9. The summed E-state index contributed by atoms with van der Waals surface area (Å²) >= 11 is 0. The van der Waals surface area contributed by atoms with Crippen LogP contribution < -0.4 is 0 Å². The number of carbonyl (C=O) groups excluding carboxylic acids is 1. The highest BCUT2D eigenvalue weighted by Crippen LogP contribution is 2.18. The van der Waals surface area contributed by atoms with Gasteiger partial charge in [-0.1, -0.05) is 19.9 Å². The summed E-state index contributed by atoms with van der Waals surface area (Å²) in [4.78, 5) is 16.8. The van der Waals surface area contributed by atoms with Gasteiger partial charge in [-0.3, -0.25) is 4.79 Å². The van der Waals surface area contributed by atoms with Gasteiger partial charge in [-0.2, -0.15) is 0 Å². The van der Waals surface area contributed by atoms with Crippen molar-refractivity contribution in [3.63, 3.8) is 0 Å². The lowest BCUT2D eigenvalue weighted by atomic mass is 9.98. The first-order valence-electron chi connectivity index (χ1n) is 7.02. The second-order valence-electron chi connectivity index (χ2n) is 5.74. The lowest BCUT2D eigenvalue weighted by molar-refractivity contribution is 0.0970. The van der Waals surface area contributed by atoms with E-state index >= 15 is 0 Å². The molecule has 0 aliphatic carbocycles. The number of rotatable bonds is 4. The minimum Gasteiger partial charge on any atom is -0.327 e. The molecule has 0 radical (unpaired) electrons. The van der Waals surface area contributed by atoms with Crippen LogP contribution in [0.25, 0.3) is 0 Å². The molecule has 0 aliphatic rings. The summed E-state index contributed by atoms with van der Waals surface area (Å²) in [7, 11) is 0. The van der Waals surface area contributed by atoms with Gasteiger partial charge < -0.3 is 4.57 Å². The van der Waals surface area contributed by atoms with E-state index in [1.807, 2.05) is 30.7 Å². The van der Waals surface area contributed by atoms with Crippen molar-refractivity contribution in [1.29, 1.82) is 0 Å². The molecule has 0 bridgehead atoms. The number of Topliss-reactive ketones (excluding diaryl/α,β-unsaturated/α-hetero) is 1. The van der Waals surface area contributed by atoms with Crippen LogP contribution in [0.4, 0.5) is 0 Å². The fourth-order valence-electron chi connectivity index (χ4n) is 2.46. The van der Waals surface area contributed by atoms with Crippen molar-refractivity contribution in [2.24, 2.45) is 0 Å². The second kappa shape index (κ2) is 5.61. The number of carbonyl (C=O) groups is 1. The zero-order chi connectivity index (χ0) is 14.9. The van der Waals surface area contributed by atoms with Gasteiger partial charge in [0.1, 0.15) is 5.82 Å². The zero-order valence-electron chi connectivity index (χ0n) is 12.9. The molecule has 0 saturated carbocycles. The van der Waals surface area contributed by atoms with E-state index in [-0.39, 0.29) is 5.78 Å². The summed E-state index contributed by atoms with van der Waals surface area (Å²) in [6, 6.07) is 4.08. The van der Waals surface area contributed by atoms with Gasteiger partial charge >= 0.3 is 0 Å². The minimum absolute atomic E-state index is 0.144. The lowest BCUT2D eigenvalue weighted by Crippen LogP contribution is -2.14. The average molecular weight is 270 g/mol. The molecule has 0 saturated heterocycles. The van der Waals surface area contributed by atoms with Crippen molar-refractivity contribution in [2.75, 3.05) is 0 Å². The Labute approximate surface area is 120 Å². The Morgan fingerprint density at radius 2 is 1.80 bits per heavy atom. The summed E-state index contributed by atoms with van der Waals surface area (Å²) in [5.74, 6) is 1.42. The van der Waals surface area contributed by atoms with E-state index < -0.39 is 0 Å². The Hall–Kier alpha value is -1.90. The fourth-order valence-corrected chi connectivity index (χ4v) is 2.46. The second-order valence-corrected chi connectivity index (χ2v) is 5.74.